The number of benzene rings is 1. The molecule has 0 atom stereocenters. The molecule has 4 N–H and O–H groups in total. The SMILES string of the molecule is COc1ccc(C=NN=C(N)N)c(F)c1F. The van der Waals surface area contributed by atoms with Crippen LogP contribution in [0.1, 0.15) is 5.56 Å². The van der Waals surface area contributed by atoms with Crippen LogP contribution in [0.3, 0.4) is 0 Å². The van der Waals surface area contributed by atoms with Crippen molar-refractivity contribution in [2.45, 2.75) is 0 Å². The molecule has 1 aromatic rings. The molecular weight excluding hydrogens is 218 g/mol. The fourth-order valence-electron chi connectivity index (χ4n) is 0.962. The minimum atomic E-state index is -1.09. The van der Waals surface area contributed by atoms with Crippen molar-refractivity contribution in [3.8, 4) is 5.75 Å². The third-order valence-electron chi connectivity index (χ3n) is 1.67. The van der Waals surface area contributed by atoms with Crippen LogP contribution in [0.4, 0.5) is 8.78 Å². The van der Waals surface area contributed by atoms with Crippen molar-refractivity contribution in [1.82, 2.24) is 0 Å². The number of nitrogens with two attached hydrogens (primary N) is 2. The highest BCUT2D eigenvalue weighted by Gasteiger charge is 2.12. The molecular formula is C9H10F2N4O. The second kappa shape index (κ2) is 5.06. The first-order valence-corrected chi connectivity index (χ1v) is 4.20. The Labute approximate surface area is 90.4 Å². The zero-order chi connectivity index (χ0) is 12.1. The molecule has 0 radical (unpaired) electrons. The van der Waals surface area contributed by atoms with Crippen molar-refractivity contribution in [2.24, 2.45) is 21.7 Å². The van der Waals surface area contributed by atoms with Gasteiger partial charge in [-0.2, -0.15) is 9.49 Å². The summed E-state index contributed by atoms with van der Waals surface area (Å²) in [6.07, 6.45) is 0.998. The number of ether oxygens (including phenoxy) is 1. The summed E-state index contributed by atoms with van der Waals surface area (Å²) in [4.78, 5) is 0. The molecule has 0 bridgehead atoms. The molecule has 0 aliphatic rings. The van der Waals surface area contributed by atoms with Crippen molar-refractivity contribution < 1.29 is 13.5 Å². The van der Waals surface area contributed by atoms with Crippen molar-refractivity contribution in [2.75, 3.05) is 7.11 Å². The van der Waals surface area contributed by atoms with E-state index in [-0.39, 0.29) is 17.3 Å². The normalized spacial score (nSPS) is 10.4. The van der Waals surface area contributed by atoms with Crippen molar-refractivity contribution in [1.29, 1.82) is 0 Å². The van der Waals surface area contributed by atoms with Crippen LogP contribution in [0.2, 0.25) is 0 Å². The number of rotatable bonds is 3. The summed E-state index contributed by atoms with van der Waals surface area (Å²) in [5.41, 5.74) is 9.91. The van der Waals surface area contributed by atoms with Crippen LogP contribution in [0.25, 0.3) is 0 Å². The molecule has 5 nitrogen and oxygen atoms in total. The molecule has 16 heavy (non-hydrogen) atoms. The Morgan fingerprint density at radius 1 is 1.31 bits per heavy atom. The van der Waals surface area contributed by atoms with Crippen LogP contribution in [0.5, 0.6) is 5.75 Å². The zero-order valence-corrected chi connectivity index (χ0v) is 8.45. The van der Waals surface area contributed by atoms with Crippen molar-refractivity contribution in [3.05, 3.63) is 29.3 Å². The van der Waals surface area contributed by atoms with Gasteiger partial charge in [0.25, 0.3) is 0 Å². The Balaban J connectivity index is 3.04. The van der Waals surface area contributed by atoms with E-state index in [0.29, 0.717) is 0 Å². The topological polar surface area (TPSA) is 86.0 Å². The third kappa shape index (κ3) is 2.66. The molecule has 0 aliphatic carbocycles. The van der Waals surface area contributed by atoms with E-state index in [2.05, 4.69) is 14.9 Å². The van der Waals surface area contributed by atoms with E-state index >= 15 is 0 Å². The third-order valence-corrected chi connectivity index (χ3v) is 1.67. The first-order chi connectivity index (χ1) is 7.56. The van der Waals surface area contributed by atoms with Crippen LogP contribution in [-0.4, -0.2) is 19.3 Å². The van der Waals surface area contributed by atoms with Crippen LogP contribution >= 0.6 is 0 Å². The maximum absolute atomic E-state index is 13.3. The summed E-state index contributed by atoms with van der Waals surface area (Å²) in [7, 11) is 1.24. The summed E-state index contributed by atoms with van der Waals surface area (Å²) in [5.74, 6) is -2.62. The molecule has 0 aliphatic heterocycles. The number of hydrogen-bond acceptors (Lipinski definition) is 3. The highest BCUT2D eigenvalue weighted by molar-refractivity contribution is 5.82. The number of guanidine groups is 1. The fraction of sp³-hybridized carbons (Fsp3) is 0.111. The Hall–Kier alpha value is -2.18. The summed E-state index contributed by atoms with van der Waals surface area (Å²) in [6.45, 7) is 0. The number of methoxy groups -OCH3 is 1. The van der Waals surface area contributed by atoms with Gasteiger partial charge in [0.2, 0.25) is 11.8 Å². The van der Waals surface area contributed by atoms with Gasteiger partial charge in [0.1, 0.15) is 0 Å². The van der Waals surface area contributed by atoms with Gasteiger partial charge in [0.05, 0.1) is 13.3 Å². The van der Waals surface area contributed by atoms with E-state index < -0.39 is 11.6 Å². The van der Waals surface area contributed by atoms with Gasteiger partial charge in [0, 0.05) is 5.56 Å². The van der Waals surface area contributed by atoms with E-state index in [1.807, 2.05) is 0 Å². The summed E-state index contributed by atoms with van der Waals surface area (Å²) >= 11 is 0. The Morgan fingerprint density at radius 3 is 2.56 bits per heavy atom. The molecule has 0 fully saturated rings. The van der Waals surface area contributed by atoms with Gasteiger partial charge < -0.3 is 16.2 Å². The average Bonchev–Trinajstić information content (AvgIpc) is 2.24. The maximum Gasteiger partial charge on any atom is 0.211 e. The van der Waals surface area contributed by atoms with Crippen LogP contribution < -0.4 is 16.2 Å². The molecule has 1 aromatic carbocycles. The molecule has 0 saturated carbocycles. The van der Waals surface area contributed by atoms with Gasteiger partial charge in [-0.3, -0.25) is 0 Å². The molecule has 86 valence electrons. The van der Waals surface area contributed by atoms with Gasteiger partial charge in [-0.05, 0) is 12.1 Å². The van der Waals surface area contributed by atoms with Crippen LogP contribution in [0.15, 0.2) is 22.3 Å². The molecule has 0 spiro atoms. The molecule has 1 rings (SSSR count). The minimum Gasteiger partial charge on any atom is -0.494 e. The standard InChI is InChI=1S/C9H10F2N4O/c1-16-6-3-2-5(7(10)8(6)11)4-14-15-9(12)13/h2-4H,1H3,(H4,12,13,15). The highest BCUT2D eigenvalue weighted by Crippen LogP contribution is 2.21. The lowest BCUT2D eigenvalue weighted by Gasteiger charge is -2.03. The monoisotopic (exact) mass is 228 g/mol. The second-order valence-electron chi connectivity index (χ2n) is 2.75. The van der Waals surface area contributed by atoms with E-state index in [4.69, 9.17) is 11.5 Å². The molecule has 0 aromatic heterocycles. The second-order valence-corrected chi connectivity index (χ2v) is 2.75. The van der Waals surface area contributed by atoms with Gasteiger partial charge in [-0.15, -0.1) is 5.10 Å². The van der Waals surface area contributed by atoms with E-state index in [9.17, 15) is 8.78 Å². The van der Waals surface area contributed by atoms with E-state index in [0.717, 1.165) is 6.21 Å². The predicted octanol–water partition coefficient (Wildman–Crippen LogP) is 0.581. The quantitative estimate of drug-likeness (QED) is 0.450. The number of hydrogen-bond donors (Lipinski definition) is 2. The largest absolute Gasteiger partial charge is 0.494 e. The summed E-state index contributed by atoms with van der Waals surface area (Å²) in [6, 6.07) is 2.57. The lowest BCUT2D eigenvalue weighted by molar-refractivity contribution is 0.371. The van der Waals surface area contributed by atoms with Crippen molar-refractivity contribution >= 4 is 12.2 Å². The van der Waals surface area contributed by atoms with Gasteiger partial charge >= 0.3 is 0 Å². The van der Waals surface area contributed by atoms with E-state index in [1.165, 1.54) is 19.2 Å². The smallest absolute Gasteiger partial charge is 0.211 e. The Bertz CT molecular complexity index is 441. The molecule has 0 amide bonds. The maximum atomic E-state index is 13.3. The molecule has 7 heteroatoms. The van der Waals surface area contributed by atoms with Gasteiger partial charge in [-0.1, -0.05) is 0 Å². The Kier molecular flexibility index (Phi) is 3.76. The van der Waals surface area contributed by atoms with Gasteiger partial charge in [0.15, 0.2) is 11.6 Å². The molecule has 0 saturated heterocycles. The Morgan fingerprint density at radius 2 is 2.00 bits per heavy atom. The summed E-state index contributed by atoms with van der Waals surface area (Å²) in [5, 5.41) is 6.62. The minimum absolute atomic E-state index is 0.0803. The fourth-order valence-corrected chi connectivity index (χ4v) is 0.962. The van der Waals surface area contributed by atoms with Crippen molar-refractivity contribution in [3.63, 3.8) is 0 Å². The van der Waals surface area contributed by atoms with Crippen LogP contribution in [0, 0.1) is 11.6 Å². The molecule has 0 unspecified atom stereocenters. The number of halogens is 2. The predicted molar refractivity (Wildman–Crippen MR) is 56.3 cm³/mol. The van der Waals surface area contributed by atoms with E-state index in [1.54, 1.807) is 0 Å². The number of nitrogens with zero attached hydrogens (tertiary/aromatic N) is 2. The first kappa shape index (κ1) is 11.9. The average molecular weight is 228 g/mol. The first-order valence-electron chi connectivity index (χ1n) is 4.20. The van der Waals surface area contributed by atoms with Crippen LogP contribution in [-0.2, 0) is 0 Å². The molecule has 0 heterocycles. The lowest BCUT2D eigenvalue weighted by atomic mass is 10.2. The highest BCUT2D eigenvalue weighted by atomic mass is 19.2. The summed E-state index contributed by atoms with van der Waals surface area (Å²) < 4.78 is 31.1. The lowest BCUT2D eigenvalue weighted by Crippen LogP contribution is -2.21. The van der Waals surface area contributed by atoms with Gasteiger partial charge in [-0.25, -0.2) is 4.39 Å². The zero-order valence-electron chi connectivity index (χ0n) is 8.45.